The Labute approximate surface area is 180 Å². The van der Waals surface area contributed by atoms with E-state index in [0.717, 1.165) is 32.4 Å². The van der Waals surface area contributed by atoms with E-state index in [2.05, 4.69) is 0 Å². The Hall–Kier alpha value is -3.46. The van der Waals surface area contributed by atoms with Crippen molar-refractivity contribution in [3.05, 3.63) is 67.3 Å². The fourth-order valence-corrected chi connectivity index (χ4v) is 4.94. The Bertz CT molecular complexity index is 1450. The summed E-state index contributed by atoms with van der Waals surface area (Å²) in [5, 5.41) is 1.33. The Kier molecular flexibility index (Phi) is 5.36. The van der Waals surface area contributed by atoms with Gasteiger partial charge in [0.2, 0.25) is 0 Å². The number of benzene rings is 1. The van der Waals surface area contributed by atoms with Gasteiger partial charge in [-0.05, 0) is 42.5 Å². The summed E-state index contributed by atoms with van der Waals surface area (Å²) in [5.74, 6) is -0.535. The number of thiophene rings is 1. The van der Waals surface area contributed by atoms with Crippen molar-refractivity contribution in [3.63, 3.8) is 0 Å². The molecule has 3 aromatic heterocycles. The minimum Gasteiger partial charge on any atom is -0.462 e. The second-order valence-electron chi connectivity index (χ2n) is 7.23. The van der Waals surface area contributed by atoms with Crippen LogP contribution >= 0.6 is 11.3 Å². The number of ether oxygens (including phenoxy) is 1. The van der Waals surface area contributed by atoms with E-state index in [1.807, 2.05) is 42.1 Å². The minimum atomic E-state index is -0.590. The summed E-state index contributed by atoms with van der Waals surface area (Å²) in [6.07, 6.45) is 2.47. The molecule has 0 amide bonds. The van der Waals surface area contributed by atoms with Crippen LogP contribution in [0.3, 0.4) is 0 Å². The maximum absolute atomic E-state index is 13.1. The molecule has 0 aliphatic carbocycles. The highest BCUT2D eigenvalue weighted by Crippen LogP contribution is 2.29. The molecule has 0 saturated heterocycles. The Morgan fingerprint density at radius 3 is 2.68 bits per heavy atom. The van der Waals surface area contributed by atoms with Gasteiger partial charge in [0, 0.05) is 18.8 Å². The quantitative estimate of drug-likeness (QED) is 0.340. The molecular formula is C22H21N3O5S. The standard InChI is InChI=1S/C22H21N3O5S/c1-4-30-21(28)18-13(2)17-19(27)24(9-10-26)22(29)25(20(17)31-18)12-14-5-6-15-7-8-23(3)16(15)11-14/h5-8,10-11H,4,9,12H2,1-3H3. The van der Waals surface area contributed by atoms with Crippen molar-refractivity contribution < 1.29 is 14.3 Å². The minimum absolute atomic E-state index is 0.192. The van der Waals surface area contributed by atoms with Gasteiger partial charge in [0.1, 0.15) is 16.0 Å². The van der Waals surface area contributed by atoms with Crippen LogP contribution in [0, 0.1) is 6.92 Å². The second kappa shape index (κ2) is 7.99. The van der Waals surface area contributed by atoms with Crippen molar-refractivity contribution >= 4 is 44.7 Å². The van der Waals surface area contributed by atoms with Crippen LogP contribution in [0.4, 0.5) is 0 Å². The van der Waals surface area contributed by atoms with Crippen LogP contribution in [0.2, 0.25) is 0 Å². The fraction of sp³-hybridized carbons (Fsp3) is 0.273. The topological polar surface area (TPSA) is 92.3 Å². The molecule has 0 aliphatic heterocycles. The van der Waals surface area contributed by atoms with Gasteiger partial charge >= 0.3 is 11.7 Å². The highest BCUT2D eigenvalue weighted by atomic mass is 32.1. The van der Waals surface area contributed by atoms with Crippen molar-refractivity contribution in [2.75, 3.05) is 6.61 Å². The SMILES string of the molecule is CCOC(=O)c1sc2c(c1C)c(=O)n(CC=O)c(=O)n2Cc1ccc2ccn(C)c2c1. The Morgan fingerprint density at radius 2 is 1.97 bits per heavy atom. The monoisotopic (exact) mass is 439 g/mol. The lowest BCUT2D eigenvalue weighted by Crippen LogP contribution is -2.40. The van der Waals surface area contributed by atoms with Gasteiger partial charge in [-0.3, -0.25) is 13.9 Å². The fourth-order valence-electron chi connectivity index (χ4n) is 3.75. The molecule has 1 aromatic carbocycles. The van der Waals surface area contributed by atoms with Crippen LogP contribution in [-0.2, 0) is 29.7 Å². The van der Waals surface area contributed by atoms with Gasteiger partial charge in [0.15, 0.2) is 0 Å². The van der Waals surface area contributed by atoms with Crippen LogP contribution in [-0.4, -0.2) is 32.6 Å². The van der Waals surface area contributed by atoms with E-state index in [1.54, 1.807) is 13.8 Å². The second-order valence-corrected chi connectivity index (χ2v) is 8.23. The van der Waals surface area contributed by atoms with E-state index in [0.29, 0.717) is 16.7 Å². The average molecular weight is 439 g/mol. The first-order chi connectivity index (χ1) is 14.9. The third-order valence-electron chi connectivity index (χ3n) is 5.31. The maximum atomic E-state index is 13.1. The number of aromatic nitrogens is 3. The molecule has 0 spiro atoms. The van der Waals surface area contributed by atoms with Gasteiger partial charge in [-0.15, -0.1) is 11.3 Å². The van der Waals surface area contributed by atoms with Gasteiger partial charge in [-0.1, -0.05) is 12.1 Å². The smallest absolute Gasteiger partial charge is 0.348 e. The van der Waals surface area contributed by atoms with E-state index in [-0.39, 0.29) is 30.0 Å². The number of fused-ring (bicyclic) bond motifs is 2. The molecular weight excluding hydrogens is 418 g/mol. The summed E-state index contributed by atoms with van der Waals surface area (Å²) in [7, 11) is 1.94. The molecule has 0 N–H and O–H groups in total. The van der Waals surface area contributed by atoms with E-state index in [4.69, 9.17) is 4.74 Å². The van der Waals surface area contributed by atoms with Gasteiger partial charge in [0.25, 0.3) is 5.56 Å². The van der Waals surface area contributed by atoms with Gasteiger partial charge in [-0.2, -0.15) is 0 Å². The van der Waals surface area contributed by atoms with E-state index >= 15 is 0 Å². The number of esters is 1. The van der Waals surface area contributed by atoms with Crippen molar-refractivity contribution in [1.82, 2.24) is 13.7 Å². The molecule has 0 atom stereocenters. The van der Waals surface area contributed by atoms with Crippen LogP contribution < -0.4 is 11.2 Å². The zero-order valence-electron chi connectivity index (χ0n) is 17.4. The molecule has 0 radical (unpaired) electrons. The summed E-state index contributed by atoms with van der Waals surface area (Å²) in [6.45, 7) is 3.40. The molecule has 0 aliphatic rings. The van der Waals surface area contributed by atoms with Crippen molar-refractivity contribution in [3.8, 4) is 0 Å². The average Bonchev–Trinajstić information content (AvgIpc) is 3.29. The Morgan fingerprint density at radius 1 is 1.19 bits per heavy atom. The first kappa shape index (κ1) is 20.8. The zero-order chi connectivity index (χ0) is 22.3. The molecule has 0 saturated carbocycles. The number of carbonyl (C=O) groups excluding carboxylic acids is 2. The largest absolute Gasteiger partial charge is 0.462 e. The maximum Gasteiger partial charge on any atom is 0.348 e. The molecule has 0 fully saturated rings. The van der Waals surface area contributed by atoms with Gasteiger partial charge in [0.05, 0.1) is 25.1 Å². The number of hydrogen-bond acceptors (Lipinski definition) is 6. The van der Waals surface area contributed by atoms with Crippen LogP contribution in [0.1, 0.15) is 27.7 Å². The summed E-state index contributed by atoms with van der Waals surface area (Å²) in [4.78, 5) is 50.3. The predicted octanol–water partition coefficient (Wildman–Crippen LogP) is 2.45. The van der Waals surface area contributed by atoms with Crippen LogP contribution in [0.15, 0.2) is 40.1 Å². The van der Waals surface area contributed by atoms with Gasteiger partial charge in [-0.25, -0.2) is 9.59 Å². The normalized spacial score (nSPS) is 11.3. The highest BCUT2D eigenvalue weighted by molar-refractivity contribution is 7.20. The molecule has 0 unspecified atom stereocenters. The number of hydrogen-bond donors (Lipinski definition) is 0. The molecule has 160 valence electrons. The lowest BCUT2D eigenvalue weighted by molar-refractivity contribution is -0.108. The number of rotatable bonds is 6. The summed E-state index contributed by atoms with van der Waals surface area (Å²) in [5.41, 5.74) is 1.16. The number of nitrogens with zero attached hydrogens (tertiary/aromatic N) is 3. The van der Waals surface area contributed by atoms with Crippen LogP contribution in [0.5, 0.6) is 0 Å². The van der Waals surface area contributed by atoms with Crippen LogP contribution in [0.25, 0.3) is 21.1 Å². The summed E-state index contributed by atoms with van der Waals surface area (Å²) < 4.78 is 9.45. The third kappa shape index (κ3) is 3.40. The summed E-state index contributed by atoms with van der Waals surface area (Å²) >= 11 is 1.06. The van der Waals surface area contributed by atoms with Crippen molar-refractivity contribution in [1.29, 1.82) is 0 Å². The molecule has 4 aromatic rings. The molecule has 9 heteroatoms. The lowest BCUT2D eigenvalue weighted by atomic mass is 10.1. The van der Waals surface area contributed by atoms with E-state index in [1.165, 1.54) is 4.57 Å². The first-order valence-corrected chi connectivity index (χ1v) is 10.6. The predicted molar refractivity (Wildman–Crippen MR) is 119 cm³/mol. The number of aryl methyl sites for hydroxylation is 2. The zero-order valence-corrected chi connectivity index (χ0v) is 18.2. The van der Waals surface area contributed by atoms with Crippen molar-refractivity contribution in [2.45, 2.75) is 26.9 Å². The van der Waals surface area contributed by atoms with E-state index < -0.39 is 17.2 Å². The Balaban J connectivity index is 1.97. The summed E-state index contributed by atoms with van der Waals surface area (Å²) in [6, 6.07) is 7.87. The number of carbonyl (C=O) groups is 2. The van der Waals surface area contributed by atoms with E-state index in [9.17, 15) is 19.2 Å². The third-order valence-corrected chi connectivity index (χ3v) is 6.60. The van der Waals surface area contributed by atoms with Gasteiger partial charge < -0.3 is 14.1 Å². The number of aldehydes is 1. The molecule has 8 nitrogen and oxygen atoms in total. The molecule has 4 rings (SSSR count). The highest BCUT2D eigenvalue weighted by Gasteiger charge is 2.24. The molecule has 3 heterocycles. The molecule has 0 bridgehead atoms. The molecule has 31 heavy (non-hydrogen) atoms. The lowest BCUT2D eigenvalue weighted by Gasteiger charge is -2.11. The first-order valence-electron chi connectivity index (χ1n) is 9.78. The van der Waals surface area contributed by atoms with Crippen molar-refractivity contribution in [2.24, 2.45) is 7.05 Å².